The first kappa shape index (κ1) is 38.1. The molecule has 2 heterocycles. The minimum Gasteiger partial charge on any atom is -0.270 e. The molecule has 7 aromatic carbocycles. The van der Waals surface area contributed by atoms with Crippen molar-refractivity contribution in [1.82, 2.24) is 0 Å². The molecule has 0 bridgehead atoms. The van der Waals surface area contributed by atoms with Gasteiger partial charge in [0.2, 0.25) is 0 Å². The van der Waals surface area contributed by atoms with E-state index >= 15 is 0 Å². The molecule has 0 amide bonds. The lowest BCUT2D eigenvalue weighted by atomic mass is 9.67. The Morgan fingerprint density at radius 2 is 0.814 bits per heavy atom. The van der Waals surface area contributed by atoms with Crippen molar-refractivity contribution in [2.24, 2.45) is 9.98 Å². The average Bonchev–Trinajstić information content (AvgIpc) is 3.75. The second kappa shape index (κ2) is 13.4. The van der Waals surface area contributed by atoms with Gasteiger partial charge >= 0.3 is 0 Å². The van der Waals surface area contributed by atoms with Crippen LogP contribution in [0.4, 0.5) is 0 Å². The zero-order valence-corrected chi connectivity index (χ0v) is 36.9. The first-order valence-corrected chi connectivity index (χ1v) is 22.5. The van der Waals surface area contributed by atoms with Gasteiger partial charge in [0.1, 0.15) is 0 Å². The lowest BCUT2D eigenvalue weighted by Gasteiger charge is -2.34. The van der Waals surface area contributed by atoms with E-state index in [1.54, 1.807) is 0 Å². The molecule has 0 radical (unpaired) electrons. The molecule has 0 fully saturated rings. The molecule has 59 heavy (non-hydrogen) atoms. The van der Waals surface area contributed by atoms with E-state index in [-0.39, 0.29) is 20.6 Å². The molecule has 4 heteroatoms. The Labute approximate surface area is 358 Å². The van der Waals surface area contributed by atoms with Crippen molar-refractivity contribution in [3.05, 3.63) is 191 Å². The first-order valence-electron chi connectivity index (χ1n) is 20.8. The van der Waals surface area contributed by atoms with Crippen molar-refractivity contribution >= 4 is 44.4 Å². The molecule has 0 aromatic heterocycles. The summed E-state index contributed by atoms with van der Waals surface area (Å²) in [5.74, 6) is 0. The van der Waals surface area contributed by atoms with Crippen LogP contribution >= 0.6 is 23.5 Å². The predicted octanol–water partition coefficient (Wildman–Crippen LogP) is 14.6. The fourth-order valence-corrected chi connectivity index (χ4v) is 11.8. The molecule has 7 aromatic rings. The van der Waals surface area contributed by atoms with Gasteiger partial charge in [-0.15, -0.1) is 0 Å². The Balaban J connectivity index is 1.17. The summed E-state index contributed by atoms with van der Waals surface area (Å²) in [5.41, 5.74) is 14.2. The second-order valence-corrected chi connectivity index (χ2v) is 21.7. The molecule has 0 spiro atoms. The maximum absolute atomic E-state index is 5.19. The fourth-order valence-electron chi connectivity index (χ4n) is 9.16. The largest absolute Gasteiger partial charge is 0.270 e. The van der Waals surface area contributed by atoms with Crippen LogP contribution in [0.15, 0.2) is 168 Å². The van der Waals surface area contributed by atoms with Crippen LogP contribution in [-0.2, 0) is 5.41 Å². The lowest BCUT2D eigenvalue weighted by molar-refractivity contribution is 0.426. The summed E-state index contributed by atoms with van der Waals surface area (Å²) in [6.45, 7) is 18.2. The highest BCUT2D eigenvalue weighted by molar-refractivity contribution is 8.16. The molecular weight excluding hydrogens is 753 g/mol. The van der Waals surface area contributed by atoms with Crippen LogP contribution in [0.3, 0.4) is 0 Å². The van der Waals surface area contributed by atoms with Crippen molar-refractivity contribution in [2.75, 3.05) is 0 Å². The standard InChI is InChI=1S/C55H50N2S2/c1-51(2)53(5,6)58-49(56-51)37-27-23-35(24-28-37)39-31-32-44-46(33-39)55(40-17-11-9-12-18-40,41-19-13-10-14-20-41)47-34-45(42-21-15-16-22-43(42)48(44)47)36-25-29-38(30-26-36)50-57-52(3,4)54(7,8)59-50/h9-34H,1-8H3. The zero-order chi connectivity index (χ0) is 41.0. The number of thioether (sulfide) groups is 2. The van der Waals surface area contributed by atoms with Gasteiger partial charge in [-0.05, 0) is 134 Å². The van der Waals surface area contributed by atoms with Gasteiger partial charge in [0.25, 0.3) is 0 Å². The highest BCUT2D eigenvalue weighted by Gasteiger charge is 2.48. The van der Waals surface area contributed by atoms with Crippen LogP contribution in [0.25, 0.3) is 44.2 Å². The van der Waals surface area contributed by atoms with Crippen molar-refractivity contribution in [3.63, 3.8) is 0 Å². The smallest absolute Gasteiger partial charge is 0.0990 e. The molecule has 0 atom stereocenters. The minimum atomic E-state index is -0.555. The number of rotatable bonds is 6. The SMILES string of the molecule is CC1(C)N=C(c2ccc(-c3ccc4c(c3)C(c3ccccc3)(c3ccccc3)c3cc(-c5ccc(C6=NC(C)(C)C(C)(C)S6)cc5)c5ccccc5c3-4)cc2)SC1(C)C. The molecule has 0 unspecified atom stereocenters. The van der Waals surface area contributed by atoms with Gasteiger partial charge in [-0.2, -0.15) is 0 Å². The zero-order valence-electron chi connectivity index (χ0n) is 35.2. The number of nitrogens with zero attached hydrogens (tertiary/aromatic N) is 2. The van der Waals surface area contributed by atoms with Gasteiger partial charge < -0.3 is 0 Å². The second-order valence-electron chi connectivity index (χ2n) is 18.5. The summed E-state index contributed by atoms with van der Waals surface area (Å²) in [4.78, 5) is 10.3. The van der Waals surface area contributed by atoms with E-state index in [1.165, 1.54) is 77.5 Å². The number of fused-ring (bicyclic) bond motifs is 5. The van der Waals surface area contributed by atoms with Crippen molar-refractivity contribution < 1.29 is 0 Å². The number of hydrogen-bond acceptors (Lipinski definition) is 4. The maximum atomic E-state index is 5.19. The molecule has 0 saturated heterocycles. The van der Waals surface area contributed by atoms with Crippen molar-refractivity contribution in [3.8, 4) is 33.4 Å². The molecule has 0 N–H and O–H groups in total. The third kappa shape index (κ3) is 5.85. The molecule has 0 saturated carbocycles. The summed E-state index contributed by atoms with van der Waals surface area (Å²) in [7, 11) is 0. The van der Waals surface area contributed by atoms with Crippen molar-refractivity contribution in [1.29, 1.82) is 0 Å². The predicted molar refractivity (Wildman–Crippen MR) is 257 cm³/mol. The normalized spacial score (nSPS) is 18.9. The summed E-state index contributed by atoms with van der Waals surface area (Å²) in [6.07, 6.45) is 0. The summed E-state index contributed by atoms with van der Waals surface area (Å²) in [5, 5.41) is 4.78. The van der Waals surface area contributed by atoms with Gasteiger partial charge in [0.15, 0.2) is 0 Å². The quantitative estimate of drug-likeness (QED) is 0.167. The van der Waals surface area contributed by atoms with Gasteiger partial charge in [-0.25, -0.2) is 0 Å². The average molecular weight is 803 g/mol. The van der Waals surface area contributed by atoms with Crippen LogP contribution in [0.1, 0.15) is 88.8 Å². The highest BCUT2D eigenvalue weighted by atomic mass is 32.2. The maximum Gasteiger partial charge on any atom is 0.0990 e. The third-order valence-electron chi connectivity index (χ3n) is 13.9. The number of benzene rings is 7. The van der Waals surface area contributed by atoms with Crippen LogP contribution < -0.4 is 0 Å². The Kier molecular flexibility index (Phi) is 8.66. The summed E-state index contributed by atoms with van der Waals surface area (Å²) < 4.78 is 0.0764. The van der Waals surface area contributed by atoms with Crippen LogP contribution in [-0.4, -0.2) is 30.7 Å². The van der Waals surface area contributed by atoms with Gasteiger partial charge in [0, 0.05) is 20.6 Å². The molecular formula is C55H50N2S2. The number of aliphatic imine (C=N–C) groups is 2. The summed E-state index contributed by atoms with van der Waals surface area (Å²) >= 11 is 3.77. The Hall–Kier alpha value is -5.16. The molecule has 2 nitrogen and oxygen atoms in total. The Morgan fingerprint density at radius 3 is 1.31 bits per heavy atom. The Morgan fingerprint density at radius 1 is 0.373 bits per heavy atom. The molecule has 1 aliphatic carbocycles. The first-order chi connectivity index (χ1) is 28.2. The molecule has 3 aliphatic rings. The molecule has 292 valence electrons. The Bertz CT molecular complexity index is 2810. The van der Waals surface area contributed by atoms with E-state index in [1.807, 2.05) is 23.5 Å². The van der Waals surface area contributed by atoms with Crippen LogP contribution in [0.5, 0.6) is 0 Å². The number of hydrogen-bond donors (Lipinski definition) is 0. The fraction of sp³-hybridized carbons (Fsp3) is 0.236. The molecule has 10 rings (SSSR count). The van der Waals surface area contributed by atoms with Gasteiger partial charge in [0.05, 0.1) is 26.6 Å². The van der Waals surface area contributed by atoms with E-state index in [0.717, 1.165) is 10.1 Å². The van der Waals surface area contributed by atoms with E-state index in [4.69, 9.17) is 9.98 Å². The lowest BCUT2D eigenvalue weighted by Crippen LogP contribution is -2.36. The molecule has 2 aliphatic heterocycles. The third-order valence-corrected chi connectivity index (χ3v) is 16.9. The van der Waals surface area contributed by atoms with Crippen molar-refractivity contribution in [2.45, 2.75) is 81.4 Å². The van der Waals surface area contributed by atoms with Gasteiger partial charge in [-0.1, -0.05) is 169 Å². The minimum absolute atomic E-state index is 0.0343. The van der Waals surface area contributed by atoms with Crippen LogP contribution in [0.2, 0.25) is 0 Å². The van der Waals surface area contributed by atoms with Gasteiger partial charge in [-0.3, -0.25) is 9.98 Å². The monoisotopic (exact) mass is 802 g/mol. The van der Waals surface area contributed by atoms with E-state index in [0.29, 0.717) is 0 Å². The highest BCUT2D eigenvalue weighted by Crippen LogP contribution is 2.60. The van der Waals surface area contributed by atoms with E-state index in [2.05, 4.69) is 213 Å². The van der Waals surface area contributed by atoms with Crippen LogP contribution in [0, 0.1) is 0 Å². The summed E-state index contributed by atoms with van der Waals surface area (Å²) in [6, 6.07) is 59.3. The van der Waals surface area contributed by atoms with E-state index in [9.17, 15) is 0 Å². The topological polar surface area (TPSA) is 24.7 Å². The van der Waals surface area contributed by atoms with E-state index < -0.39 is 5.41 Å².